The van der Waals surface area contributed by atoms with E-state index in [1.165, 1.54) is 10.9 Å². The standard InChI is InChI=1S/C13H17ClN2/c1-3-13(2,15)7-9-8-16-12-5-4-10(14)6-11(9)12/h4-6,8,16H,3,7,15H2,1-2H3. The molecule has 0 aliphatic rings. The molecule has 1 unspecified atom stereocenters. The molecule has 3 N–H and O–H groups in total. The fraction of sp³-hybridized carbons (Fsp3) is 0.385. The van der Waals surface area contributed by atoms with Crippen LogP contribution in [-0.4, -0.2) is 10.5 Å². The minimum atomic E-state index is -0.155. The Morgan fingerprint density at radius 2 is 2.19 bits per heavy atom. The van der Waals surface area contributed by atoms with Gasteiger partial charge in [-0.15, -0.1) is 0 Å². The van der Waals surface area contributed by atoms with Crippen LogP contribution in [0.1, 0.15) is 25.8 Å². The second kappa shape index (κ2) is 4.11. The molecule has 2 rings (SSSR count). The Bertz CT molecular complexity index is 500. The van der Waals surface area contributed by atoms with E-state index in [1.807, 2.05) is 24.4 Å². The van der Waals surface area contributed by atoms with E-state index in [9.17, 15) is 0 Å². The number of nitrogens with one attached hydrogen (secondary N) is 1. The van der Waals surface area contributed by atoms with Crippen molar-refractivity contribution in [3.8, 4) is 0 Å². The van der Waals surface area contributed by atoms with Crippen molar-refractivity contribution in [2.24, 2.45) is 5.73 Å². The zero-order valence-corrected chi connectivity index (χ0v) is 10.4. The van der Waals surface area contributed by atoms with E-state index < -0.39 is 0 Å². The van der Waals surface area contributed by atoms with Crippen molar-refractivity contribution >= 4 is 22.5 Å². The molecule has 0 amide bonds. The molecule has 0 aliphatic heterocycles. The van der Waals surface area contributed by atoms with Crippen molar-refractivity contribution in [3.63, 3.8) is 0 Å². The number of aromatic amines is 1. The third-order valence-electron chi connectivity index (χ3n) is 3.13. The van der Waals surface area contributed by atoms with Gasteiger partial charge < -0.3 is 10.7 Å². The van der Waals surface area contributed by atoms with Gasteiger partial charge in [0.1, 0.15) is 0 Å². The summed E-state index contributed by atoms with van der Waals surface area (Å²) in [6, 6.07) is 5.89. The summed E-state index contributed by atoms with van der Waals surface area (Å²) in [6.07, 6.45) is 3.85. The van der Waals surface area contributed by atoms with Crippen LogP contribution in [0.5, 0.6) is 0 Å². The average Bonchev–Trinajstić information content (AvgIpc) is 2.61. The highest BCUT2D eigenvalue weighted by molar-refractivity contribution is 6.31. The normalized spacial score (nSPS) is 15.2. The van der Waals surface area contributed by atoms with Crippen LogP contribution in [0.4, 0.5) is 0 Å². The summed E-state index contributed by atoms with van der Waals surface area (Å²) in [5.41, 5.74) is 8.39. The van der Waals surface area contributed by atoms with Crippen molar-refractivity contribution in [1.29, 1.82) is 0 Å². The second-order valence-electron chi connectivity index (χ2n) is 4.69. The van der Waals surface area contributed by atoms with E-state index in [0.29, 0.717) is 0 Å². The summed E-state index contributed by atoms with van der Waals surface area (Å²) in [5.74, 6) is 0. The molecule has 3 heteroatoms. The van der Waals surface area contributed by atoms with Gasteiger partial charge >= 0.3 is 0 Å². The smallest absolute Gasteiger partial charge is 0.0457 e. The van der Waals surface area contributed by atoms with Crippen LogP contribution in [0.15, 0.2) is 24.4 Å². The number of hydrogen-bond acceptors (Lipinski definition) is 1. The summed E-state index contributed by atoms with van der Waals surface area (Å²) in [6.45, 7) is 4.19. The van der Waals surface area contributed by atoms with Crippen molar-refractivity contribution in [1.82, 2.24) is 4.98 Å². The summed E-state index contributed by atoms with van der Waals surface area (Å²) in [5, 5.41) is 1.95. The number of hydrogen-bond donors (Lipinski definition) is 2. The van der Waals surface area contributed by atoms with Gasteiger partial charge in [0.25, 0.3) is 0 Å². The highest BCUT2D eigenvalue weighted by Crippen LogP contribution is 2.25. The number of halogens is 1. The van der Waals surface area contributed by atoms with E-state index in [1.54, 1.807) is 0 Å². The Morgan fingerprint density at radius 1 is 1.44 bits per heavy atom. The summed E-state index contributed by atoms with van der Waals surface area (Å²) in [7, 11) is 0. The molecule has 1 aromatic heterocycles. The fourth-order valence-electron chi connectivity index (χ4n) is 1.86. The van der Waals surface area contributed by atoms with Crippen LogP contribution in [0.2, 0.25) is 5.02 Å². The number of H-pyrrole nitrogens is 1. The Kier molecular flexibility index (Phi) is 2.96. The van der Waals surface area contributed by atoms with Gasteiger partial charge in [-0.1, -0.05) is 18.5 Å². The van der Waals surface area contributed by atoms with Gasteiger partial charge in [0, 0.05) is 27.7 Å². The second-order valence-corrected chi connectivity index (χ2v) is 5.12. The molecule has 0 radical (unpaired) electrons. The molecule has 0 saturated heterocycles. The summed E-state index contributed by atoms with van der Waals surface area (Å²) < 4.78 is 0. The lowest BCUT2D eigenvalue weighted by Crippen LogP contribution is -2.37. The van der Waals surface area contributed by atoms with Gasteiger partial charge in [-0.25, -0.2) is 0 Å². The van der Waals surface area contributed by atoms with Crippen molar-refractivity contribution < 1.29 is 0 Å². The van der Waals surface area contributed by atoms with E-state index in [2.05, 4.69) is 18.8 Å². The van der Waals surface area contributed by atoms with Gasteiger partial charge in [0.2, 0.25) is 0 Å². The van der Waals surface area contributed by atoms with Crippen LogP contribution < -0.4 is 5.73 Å². The molecule has 86 valence electrons. The van der Waals surface area contributed by atoms with Crippen LogP contribution in [0.3, 0.4) is 0 Å². The number of rotatable bonds is 3. The van der Waals surface area contributed by atoms with Gasteiger partial charge in [-0.3, -0.25) is 0 Å². The summed E-state index contributed by atoms with van der Waals surface area (Å²) in [4.78, 5) is 3.25. The topological polar surface area (TPSA) is 41.8 Å². The quantitative estimate of drug-likeness (QED) is 0.842. The maximum atomic E-state index is 6.19. The Hall–Kier alpha value is -0.990. The monoisotopic (exact) mass is 236 g/mol. The molecule has 2 aromatic rings. The minimum Gasteiger partial charge on any atom is -0.361 e. The molecule has 1 aromatic carbocycles. The first kappa shape index (κ1) is 11.5. The van der Waals surface area contributed by atoms with Crippen LogP contribution >= 0.6 is 11.6 Å². The van der Waals surface area contributed by atoms with E-state index in [4.69, 9.17) is 17.3 Å². The lowest BCUT2D eigenvalue weighted by atomic mass is 9.91. The molecule has 2 nitrogen and oxygen atoms in total. The number of nitrogens with two attached hydrogens (primary N) is 1. The van der Waals surface area contributed by atoms with Gasteiger partial charge in [-0.05, 0) is 43.5 Å². The average molecular weight is 237 g/mol. The molecule has 1 heterocycles. The maximum Gasteiger partial charge on any atom is 0.0457 e. The third kappa shape index (κ3) is 2.23. The van der Waals surface area contributed by atoms with E-state index in [-0.39, 0.29) is 5.54 Å². The van der Waals surface area contributed by atoms with Crippen molar-refractivity contribution in [3.05, 3.63) is 35.0 Å². The predicted molar refractivity (Wildman–Crippen MR) is 69.9 cm³/mol. The Morgan fingerprint density at radius 3 is 2.88 bits per heavy atom. The highest BCUT2D eigenvalue weighted by atomic mass is 35.5. The zero-order valence-electron chi connectivity index (χ0n) is 9.68. The Balaban J connectivity index is 2.41. The first-order valence-corrected chi connectivity index (χ1v) is 5.94. The summed E-state index contributed by atoms with van der Waals surface area (Å²) >= 11 is 6.01. The molecule has 16 heavy (non-hydrogen) atoms. The fourth-order valence-corrected chi connectivity index (χ4v) is 2.03. The van der Waals surface area contributed by atoms with Crippen molar-refractivity contribution in [2.45, 2.75) is 32.2 Å². The van der Waals surface area contributed by atoms with Gasteiger partial charge in [0.05, 0.1) is 0 Å². The SMILES string of the molecule is CCC(C)(N)Cc1c[nH]c2ccc(Cl)cc12. The number of fused-ring (bicyclic) bond motifs is 1. The number of aromatic nitrogens is 1. The molecule has 0 spiro atoms. The zero-order chi connectivity index (χ0) is 11.8. The lowest BCUT2D eigenvalue weighted by Gasteiger charge is -2.22. The molecule has 0 bridgehead atoms. The van der Waals surface area contributed by atoms with Crippen molar-refractivity contribution in [2.75, 3.05) is 0 Å². The van der Waals surface area contributed by atoms with Gasteiger partial charge in [-0.2, -0.15) is 0 Å². The molecular weight excluding hydrogens is 220 g/mol. The first-order valence-electron chi connectivity index (χ1n) is 5.56. The Labute approximate surface area is 101 Å². The molecular formula is C13H17ClN2. The first-order chi connectivity index (χ1) is 7.52. The molecule has 1 atom stereocenters. The minimum absolute atomic E-state index is 0.155. The van der Waals surface area contributed by atoms with Crippen LogP contribution in [0.25, 0.3) is 10.9 Å². The third-order valence-corrected chi connectivity index (χ3v) is 3.37. The van der Waals surface area contributed by atoms with E-state index in [0.717, 1.165) is 23.4 Å². The van der Waals surface area contributed by atoms with E-state index >= 15 is 0 Å². The molecule has 0 aliphatic carbocycles. The molecule has 0 saturated carbocycles. The maximum absolute atomic E-state index is 6.19. The molecule has 0 fully saturated rings. The number of benzene rings is 1. The van der Waals surface area contributed by atoms with Crippen LogP contribution in [-0.2, 0) is 6.42 Å². The lowest BCUT2D eigenvalue weighted by molar-refractivity contribution is 0.451. The highest BCUT2D eigenvalue weighted by Gasteiger charge is 2.18. The van der Waals surface area contributed by atoms with Gasteiger partial charge in [0.15, 0.2) is 0 Å². The van der Waals surface area contributed by atoms with Crippen LogP contribution in [0, 0.1) is 0 Å². The largest absolute Gasteiger partial charge is 0.361 e. The predicted octanol–water partition coefficient (Wildman–Crippen LogP) is 3.49.